The fraction of sp³-hybridized carbons (Fsp3) is 0.500. The number of nitrogens with zero attached hydrogens (tertiary/aromatic N) is 1. The van der Waals surface area contributed by atoms with Crippen molar-refractivity contribution < 1.29 is 19.5 Å². The van der Waals surface area contributed by atoms with E-state index < -0.39 is 11.4 Å². The SMILES string of the molecule is CC(C)C(=O)Nc1ccc(CNC(=O)N2CCC(C)(C(=O)O)C2)cc1. The monoisotopic (exact) mass is 347 g/mol. The lowest BCUT2D eigenvalue weighted by atomic mass is 9.90. The Kier molecular flexibility index (Phi) is 5.66. The van der Waals surface area contributed by atoms with Crippen LogP contribution in [0.15, 0.2) is 24.3 Å². The number of hydrogen-bond donors (Lipinski definition) is 3. The van der Waals surface area contributed by atoms with E-state index >= 15 is 0 Å². The number of carboxylic acid groups (broad SMARTS) is 1. The number of rotatable bonds is 5. The standard InChI is InChI=1S/C18H25N3O4/c1-12(2)15(22)20-14-6-4-13(5-7-14)10-19-17(25)21-9-8-18(3,11-21)16(23)24/h4-7,12H,8-11H2,1-3H3,(H,19,25)(H,20,22)(H,23,24). The molecule has 3 amide bonds. The second-order valence-electron chi connectivity index (χ2n) is 7.04. The Balaban J connectivity index is 1.84. The highest BCUT2D eigenvalue weighted by Crippen LogP contribution is 2.30. The smallest absolute Gasteiger partial charge is 0.317 e. The molecular weight excluding hydrogens is 322 g/mol. The molecule has 2 rings (SSSR count). The third-order valence-corrected chi connectivity index (χ3v) is 4.47. The number of aliphatic carboxylic acids is 1. The Bertz CT molecular complexity index is 657. The summed E-state index contributed by atoms with van der Waals surface area (Å²) in [4.78, 5) is 36.6. The molecule has 0 spiro atoms. The first-order valence-electron chi connectivity index (χ1n) is 8.37. The summed E-state index contributed by atoms with van der Waals surface area (Å²) in [6, 6.07) is 6.99. The lowest BCUT2D eigenvalue weighted by Crippen LogP contribution is -2.40. The topological polar surface area (TPSA) is 98.7 Å². The predicted molar refractivity (Wildman–Crippen MR) is 94.1 cm³/mol. The Hall–Kier alpha value is -2.57. The molecule has 1 heterocycles. The number of nitrogens with one attached hydrogen (secondary N) is 2. The zero-order valence-corrected chi connectivity index (χ0v) is 14.8. The largest absolute Gasteiger partial charge is 0.481 e. The minimum absolute atomic E-state index is 0.0448. The number of anilines is 1. The van der Waals surface area contributed by atoms with E-state index in [1.807, 2.05) is 26.0 Å². The minimum Gasteiger partial charge on any atom is -0.481 e. The average molecular weight is 347 g/mol. The van der Waals surface area contributed by atoms with E-state index in [0.29, 0.717) is 25.2 Å². The molecule has 1 atom stereocenters. The predicted octanol–water partition coefficient (Wildman–Crippen LogP) is 2.29. The maximum atomic E-state index is 12.2. The van der Waals surface area contributed by atoms with Crippen LogP contribution in [0.25, 0.3) is 0 Å². The minimum atomic E-state index is -0.873. The summed E-state index contributed by atoms with van der Waals surface area (Å²) in [7, 11) is 0. The molecule has 0 saturated carbocycles. The second-order valence-corrected chi connectivity index (χ2v) is 7.04. The molecule has 7 nitrogen and oxygen atoms in total. The van der Waals surface area contributed by atoms with Crippen LogP contribution in [0.3, 0.4) is 0 Å². The van der Waals surface area contributed by atoms with Crippen LogP contribution in [0.4, 0.5) is 10.5 Å². The van der Waals surface area contributed by atoms with Crippen molar-refractivity contribution in [1.82, 2.24) is 10.2 Å². The molecule has 0 bridgehead atoms. The molecule has 1 aliphatic rings. The fourth-order valence-corrected chi connectivity index (χ4v) is 2.59. The van der Waals surface area contributed by atoms with Gasteiger partial charge in [-0.25, -0.2) is 4.79 Å². The highest BCUT2D eigenvalue weighted by molar-refractivity contribution is 5.92. The zero-order chi connectivity index (χ0) is 18.6. The highest BCUT2D eigenvalue weighted by atomic mass is 16.4. The van der Waals surface area contributed by atoms with Gasteiger partial charge in [0, 0.05) is 31.2 Å². The molecule has 1 fully saturated rings. The highest BCUT2D eigenvalue weighted by Gasteiger charge is 2.42. The van der Waals surface area contributed by atoms with Crippen LogP contribution in [-0.4, -0.2) is 41.0 Å². The summed E-state index contributed by atoms with van der Waals surface area (Å²) in [6.07, 6.45) is 0.458. The second kappa shape index (κ2) is 7.55. The van der Waals surface area contributed by atoms with E-state index in [2.05, 4.69) is 10.6 Å². The number of benzene rings is 1. The van der Waals surface area contributed by atoms with Crippen molar-refractivity contribution >= 4 is 23.6 Å². The first kappa shape index (κ1) is 18.8. The molecule has 3 N–H and O–H groups in total. The van der Waals surface area contributed by atoms with Crippen LogP contribution in [-0.2, 0) is 16.1 Å². The van der Waals surface area contributed by atoms with Crippen LogP contribution < -0.4 is 10.6 Å². The summed E-state index contributed by atoms with van der Waals surface area (Å²) in [5.41, 5.74) is 0.745. The summed E-state index contributed by atoms with van der Waals surface area (Å²) in [5, 5.41) is 14.8. The summed E-state index contributed by atoms with van der Waals surface area (Å²) in [5.74, 6) is -1.01. The summed E-state index contributed by atoms with van der Waals surface area (Å²) in [6.45, 7) is 6.31. The third-order valence-electron chi connectivity index (χ3n) is 4.47. The quantitative estimate of drug-likeness (QED) is 0.761. The van der Waals surface area contributed by atoms with Crippen molar-refractivity contribution in [1.29, 1.82) is 0 Å². The van der Waals surface area contributed by atoms with Gasteiger partial charge in [0.05, 0.1) is 5.41 Å². The molecule has 7 heteroatoms. The van der Waals surface area contributed by atoms with E-state index in [1.54, 1.807) is 19.1 Å². The molecular formula is C18H25N3O4. The van der Waals surface area contributed by atoms with Crippen LogP contribution in [0.1, 0.15) is 32.8 Å². The van der Waals surface area contributed by atoms with Crippen molar-refractivity contribution in [2.45, 2.75) is 33.7 Å². The van der Waals surface area contributed by atoms with E-state index in [0.717, 1.165) is 5.56 Å². The van der Waals surface area contributed by atoms with Crippen molar-refractivity contribution in [2.75, 3.05) is 18.4 Å². The van der Waals surface area contributed by atoms with E-state index in [9.17, 15) is 19.5 Å². The van der Waals surface area contributed by atoms with Gasteiger partial charge in [0.2, 0.25) is 5.91 Å². The van der Waals surface area contributed by atoms with Gasteiger partial charge in [-0.3, -0.25) is 9.59 Å². The first-order chi connectivity index (χ1) is 11.7. The lowest BCUT2D eigenvalue weighted by molar-refractivity contribution is -0.147. The van der Waals surface area contributed by atoms with E-state index in [1.165, 1.54) is 4.90 Å². The number of urea groups is 1. The average Bonchev–Trinajstić information content (AvgIpc) is 2.98. The van der Waals surface area contributed by atoms with Gasteiger partial charge >= 0.3 is 12.0 Å². The molecule has 1 saturated heterocycles. The number of carbonyl (C=O) groups excluding carboxylic acids is 2. The lowest BCUT2D eigenvalue weighted by Gasteiger charge is -2.20. The third kappa shape index (κ3) is 4.71. The normalized spacial score (nSPS) is 19.8. The van der Waals surface area contributed by atoms with Crippen molar-refractivity contribution in [3.05, 3.63) is 29.8 Å². The number of hydrogen-bond acceptors (Lipinski definition) is 3. The van der Waals surface area contributed by atoms with Crippen LogP contribution >= 0.6 is 0 Å². The van der Waals surface area contributed by atoms with Crippen LogP contribution in [0.2, 0.25) is 0 Å². The van der Waals surface area contributed by atoms with Crippen LogP contribution in [0, 0.1) is 11.3 Å². The number of carboxylic acids is 1. The van der Waals surface area contributed by atoms with Gasteiger partial charge in [0.1, 0.15) is 0 Å². The zero-order valence-electron chi connectivity index (χ0n) is 14.8. The Morgan fingerprint density at radius 3 is 2.40 bits per heavy atom. The van der Waals surface area contributed by atoms with Crippen molar-refractivity contribution in [3.63, 3.8) is 0 Å². The van der Waals surface area contributed by atoms with Crippen molar-refractivity contribution in [3.8, 4) is 0 Å². The Morgan fingerprint density at radius 1 is 1.24 bits per heavy atom. The van der Waals surface area contributed by atoms with Gasteiger partial charge in [0.25, 0.3) is 0 Å². The maximum Gasteiger partial charge on any atom is 0.317 e. The molecule has 0 aliphatic carbocycles. The molecule has 1 aromatic rings. The number of carbonyl (C=O) groups is 3. The Morgan fingerprint density at radius 2 is 1.88 bits per heavy atom. The fourth-order valence-electron chi connectivity index (χ4n) is 2.59. The molecule has 25 heavy (non-hydrogen) atoms. The van der Waals surface area contributed by atoms with Gasteiger partial charge < -0.3 is 20.6 Å². The molecule has 136 valence electrons. The van der Waals surface area contributed by atoms with Gasteiger partial charge in [-0.1, -0.05) is 26.0 Å². The van der Waals surface area contributed by atoms with Crippen LogP contribution in [0.5, 0.6) is 0 Å². The van der Waals surface area contributed by atoms with Crippen molar-refractivity contribution in [2.24, 2.45) is 11.3 Å². The van der Waals surface area contributed by atoms with Gasteiger partial charge in [-0.05, 0) is 31.0 Å². The number of amides is 3. The summed E-state index contributed by atoms with van der Waals surface area (Å²) < 4.78 is 0. The van der Waals surface area contributed by atoms with E-state index in [4.69, 9.17) is 0 Å². The number of likely N-dealkylation sites (tertiary alicyclic amines) is 1. The molecule has 1 aliphatic heterocycles. The molecule has 1 aromatic carbocycles. The van der Waals surface area contributed by atoms with Gasteiger partial charge in [-0.2, -0.15) is 0 Å². The molecule has 0 radical (unpaired) electrons. The molecule has 0 aromatic heterocycles. The van der Waals surface area contributed by atoms with Gasteiger partial charge in [-0.15, -0.1) is 0 Å². The van der Waals surface area contributed by atoms with Gasteiger partial charge in [0.15, 0.2) is 0 Å². The Labute approximate surface area is 147 Å². The maximum absolute atomic E-state index is 12.2. The molecule has 1 unspecified atom stereocenters. The first-order valence-corrected chi connectivity index (χ1v) is 8.37. The van der Waals surface area contributed by atoms with E-state index in [-0.39, 0.29) is 24.4 Å². The summed E-state index contributed by atoms with van der Waals surface area (Å²) >= 11 is 0.